The number of nitrogens with two attached hydrogens (primary N) is 1. The first-order valence-corrected chi connectivity index (χ1v) is 6.90. The summed E-state index contributed by atoms with van der Waals surface area (Å²) < 4.78 is 39.3. The molecule has 0 bridgehead atoms. The molecular weight excluding hydrogens is 299 g/mol. The molecule has 0 heterocycles. The van der Waals surface area contributed by atoms with E-state index in [1.165, 1.54) is 6.07 Å². The molecule has 90 valence electrons. The van der Waals surface area contributed by atoms with Gasteiger partial charge in [-0.05, 0) is 34.5 Å². The zero-order chi connectivity index (χ0) is 12.3. The predicted octanol–water partition coefficient (Wildman–Crippen LogP) is 1.86. The number of hydrogen-bond donors (Lipinski definition) is 2. The van der Waals surface area contributed by atoms with E-state index in [2.05, 4.69) is 20.7 Å². The minimum Gasteiger partial charge on any atom is -0.399 e. The van der Waals surface area contributed by atoms with E-state index in [-0.39, 0.29) is 16.7 Å². The Kier molecular flexibility index (Phi) is 4.28. The molecule has 16 heavy (non-hydrogen) atoms. The molecule has 0 aliphatic carbocycles. The molecule has 3 N–H and O–H groups in total. The van der Waals surface area contributed by atoms with Gasteiger partial charge in [-0.2, -0.15) is 0 Å². The summed E-state index contributed by atoms with van der Waals surface area (Å²) in [6, 6.07) is 2.41. The van der Waals surface area contributed by atoms with E-state index in [0.717, 1.165) is 6.07 Å². The molecule has 0 saturated heterocycles. The fourth-order valence-electron chi connectivity index (χ4n) is 1.09. The van der Waals surface area contributed by atoms with Crippen LogP contribution < -0.4 is 10.5 Å². The van der Waals surface area contributed by atoms with Gasteiger partial charge in [0.1, 0.15) is 4.90 Å². The lowest BCUT2D eigenvalue weighted by Gasteiger charge is -2.08. The lowest BCUT2D eigenvalue weighted by molar-refractivity contribution is 0.554. The zero-order valence-electron chi connectivity index (χ0n) is 8.63. The molecule has 0 aliphatic heterocycles. The number of nitrogen functional groups attached to an aromatic ring is 1. The first-order chi connectivity index (χ1) is 7.38. The second-order valence-corrected chi connectivity index (χ2v) is 5.80. The smallest absolute Gasteiger partial charge is 0.243 e. The predicted molar refractivity (Wildman–Crippen MR) is 64.0 cm³/mol. The average molecular weight is 311 g/mol. The van der Waals surface area contributed by atoms with Crippen molar-refractivity contribution < 1.29 is 12.8 Å². The highest BCUT2D eigenvalue weighted by Gasteiger charge is 2.20. The van der Waals surface area contributed by atoms with Gasteiger partial charge in [0, 0.05) is 12.2 Å². The van der Waals surface area contributed by atoms with Crippen molar-refractivity contribution in [2.45, 2.75) is 18.2 Å². The molecule has 0 aliphatic rings. The van der Waals surface area contributed by atoms with Gasteiger partial charge >= 0.3 is 0 Å². The van der Waals surface area contributed by atoms with Gasteiger partial charge in [-0.1, -0.05) is 6.92 Å². The quantitative estimate of drug-likeness (QED) is 0.834. The van der Waals surface area contributed by atoms with Gasteiger partial charge in [0.15, 0.2) is 5.82 Å². The Morgan fingerprint density at radius 1 is 1.50 bits per heavy atom. The SMILES string of the molecule is CCCNS(=O)(=O)c1cc(N)cc(Br)c1F. The molecule has 1 aromatic rings. The normalized spacial score (nSPS) is 11.7. The van der Waals surface area contributed by atoms with Crippen molar-refractivity contribution in [1.82, 2.24) is 4.72 Å². The Morgan fingerprint density at radius 3 is 2.69 bits per heavy atom. The minimum absolute atomic E-state index is 0.0318. The number of hydrogen-bond acceptors (Lipinski definition) is 3. The van der Waals surface area contributed by atoms with Crippen molar-refractivity contribution in [1.29, 1.82) is 0 Å². The summed E-state index contributed by atoms with van der Waals surface area (Å²) in [5.41, 5.74) is 5.65. The number of benzene rings is 1. The highest BCUT2D eigenvalue weighted by atomic mass is 79.9. The summed E-state index contributed by atoms with van der Waals surface area (Å²) in [5, 5.41) is 0. The van der Waals surface area contributed by atoms with Crippen LogP contribution in [0.2, 0.25) is 0 Å². The van der Waals surface area contributed by atoms with Crippen molar-refractivity contribution in [3.05, 3.63) is 22.4 Å². The Balaban J connectivity index is 3.22. The summed E-state index contributed by atoms with van der Waals surface area (Å²) in [4.78, 5) is -0.437. The van der Waals surface area contributed by atoms with E-state index in [1.807, 2.05) is 6.92 Å². The number of halogens is 2. The third kappa shape index (κ3) is 2.93. The van der Waals surface area contributed by atoms with Crippen LogP contribution in [0.3, 0.4) is 0 Å². The van der Waals surface area contributed by atoms with Gasteiger partial charge in [0.25, 0.3) is 0 Å². The number of rotatable bonds is 4. The molecule has 4 nitrogen and oxygen atoms in total. The van der Waals surface area contributed by atoms with E-state index in [1.54, 1.807) is 0 Å². The highest BCUT2D eigenvalue weighted by molar-refractivity contribution is 9.10. The van der Waals surface area contributed by atoms with E-state index < -0.39 is 20.7 Å². The zero-order valence-corrected chi connectivity index (χ0v) is 11.0. The fourth-order valence-corrected chi connectivity index (χ4v) is 2.97. The maximum absolute atomic E-state index is 13.6. The van der Waals surface area contributed by atoms with Crippen molar-refractivity contribution in [2.75, 3.05) is 12.3 Å². The maximum Gasteiger partial charge on any atom is 0.243 e. The van der Waals surface area contributed by atoms with E-state index in [4.69, 9.17) is 5.73 Å². The van der Waals surface area contributed by atoms with E-state index in [0.29, 0.717) is 6.42 Å². The fraction of sp³-hybridized carbons (Fsp3) is 0.333. The van der Waals surface area contributed by atoms with E-state index in [9.17, 15) is 12.8 Å². The van der Waals surface area contributed by atoms with Crippen LogP contribution in [0.25, 0.3) is 0 Å². The van der Waals surface area contributed by atoms with Crippen molar-refractivity contribution >= 4 is 31.6 Å². The molecule has 0 saturated carbocycles. The molecular formula is C9H12BrFN2O2S. The number of sulfonamides is 1. The summed E-state index contributed by atoms with van der Waals surface area (Å²) in [6.07, 6.45) is 0.629. The van der Waals surface area contributed by atoms with Gasteiger partial charge in [0.2, 0.25) is 10.0 Å². The van der Waals surface area contributed by atoms with Crippen LogP contribution in [0.15, 0.2) is 21.5 Å². The summed E-state index contributed by atoms with van der Waals surface area (Å²) in [6.45, 7) is 2.07. The molecule has 7 heteroatoms. The van der Waals surface area contributed by atoms with Gasteiger partial charge in [-0.25, -0.2) is 17.5 Å². The average Bonchev–Trinajstić information content (AvgIpc) is 2.20. The summed E-state index contributed by atoms with van der Waals surface area (Å²) in [7, 11) is -3.83. The number of nitrogens with one attached hydrogen (secondary N) is 1. The van der Waals surface area contributed by atoms with Gasteiger partial charge in [0.05, 0.1) is 4.47 Å². The van der Waals surface area contributed by atoms with Crippen LogP contribution >= 0.6 is 15.9 Å². The first kappa shape index (κ1) is 13.4. The monoisotopic (exact) mass is 310 g/mol. The highest BCUT2D eigenvalue weighted by Crippen LogP contribution is 2.25. The van der Waals surface area contributed by atoms with Crippen molar-refractivity contribution in [2.24, 2.45) is 0 Å². The standard InChI is InChI=1S/C9H12BrFN2O2S/c1-2-3-13-16(14,15)8-5-6(12)4-7(10)9(8)11/h4-5,13H,2-3,12H2,1H3. The summed E-state index contributed by atoms with van der Waals surface area (Å²) >= 11 is 2.91. The Labute approximate surface area is 102 Å². The van der Waals surface area contributed by atoms with Crippen LogP contribution in [-0.2, 0) is 10.0 Å². The lowest BCUT2D eigenvalue weighted by atomic mass is 10.3. The molecule has 0 fully saturated rings. The Bertz CT molecular complexity index is 491. The molecule has 0 spiro atoms. The van der Waals surface area contributed by atoms with Crippen LogP contribution in [0.4, 0.5) is 10.1 Å². The van der Waals surface area contributed by atoms with Crippen LogP contribution in [-0.4, -0.2) is 15.0 Å². The van der Waals surface area contributed by atoms with Crippen LogP contribution in [0.5, 0.6) is 0 Å². The Morgan fingerprint density at radius 2 is 2.12 bits per heavy atom. The molecule has 0 unspecified atom stereocenters. The molecule has 0 radical (unpaired) electrons. The van der Waals surface area contributed by atoms with Crippen molar-refractivity contribution in [3.8, 4) is 0 Å². The topological polar surface area (TPSA) is 72.2 Å². The minimum atomic E-state index is -3.83. The second-order valence-electron chi connectivity index (χ2n) is 3.21. The third-order valence-electron chi connectivity index (χ3n) is 1.85. The van der Waals surface area contributed by atoms with Gasteiger partial charge in [-0.15, -0.1) is 0 Å². The molecule has 1 rings (SSSR count). The van der Waals surface area contributed by atoms with Crippen LogP contribution in [0, 0.1) is 5.82 Å². The molecule has 1 aromatic carbocycles. The largest absolute Gasteiger partial charge is 0.399 e. The van der Waals surface area contributed by atoms with Crippen molar-refractivity contribution in [3.63, 3.8) is 0 Å². The first-order valence-electron chi connectivity index (χ1n) is 4.62. The molecule has 0 atom stereocenters. The second kappa shape index (κ2) is 5.11. The Hall–Kier alpha value is -0.660. The maximum atomic E-state index is 13.6. The van der Waals surface area contributed by atoms with Gasteiger partial charge < -0.3 is 5.73 Å². The summed E-state index contributed by atoms with van der Waals surface area (Å²) in [5.74, 6) is -0.835. The molecule has 0 aromatic heterocycles. The number of anilines is 1. The third-order valence-corrected chi connectivity index (χ3v) is 3.89. The van der Waals surface area contributed by atoms with Gasteiger partial charge in [-0.3, -0.25) is 0 Å². The molecule has 0 amide bonds. The lowest BCUT2D eigenvalue weighted by Crippen LogP contribution is -2.25. The van der Waals surface area contributed by atoms with E-state index >= 15 is 0 Å². The van der Waals surface area contributed by atoms with Crippen LogP contribution in [0.1, 0.15) is 13.3 Å².